The third kappa shape index (κ3) is 2.82. The van der Waals surface area contributed by atoms with Gasteiger partial charge in [-0.15, -0.1) is 0 Å². The number of carbonyl (C=O) groups is 1. The van der Waals surface area contributed by atoms with Crippen LogP contribution in [0.25, 0.3) is 11.0 Å². The van der Waals surface area contributed by atoms with Gasteiger partial charge in [0.1, 0.15) is 11.3 Å². The molecule has 1 N–H and O–H groups in total. The van der Waals surface area contributed by atoms with E-state index >= 15 is 0 Å². The number of rotatable bonds is 7. The molecule has 0 radical (unpaired) electrons. The zero-order chi connectivity index (χ0) is 14.5. The van der Waals surface area contributed by atoms with Crippen molar-refractivity contribution < 1.29 is 14.6 Å². The van der Waals surface area contributed by atoms with Gasteiger partial charge in [0, 0.05) is 19.6 Å². The van der Waals surface area contributed by atoms with Crippen molar-refractivity contribution in [2.75, 3.05) is 13.2 Å². The van der Waals surface area contributed by atoms with E-state index in [4.69, 9.17) is 4.74 Å². The highest BCUT2D eigenvalue weighted by atomic mass is 16.5. The molecule has 1 aromatic heterocycles. The van der Waals surface area contributed by atoms with Gasteiger partial charge >= 0.3 is 5.97 Å². The molecular weight excluding hydrogens is 256 g/mol. The minimum Gasteiger partial charge on any atom is -0.478 e. The number of aromatic carboxylic acids is 1. The van der Waals surface area contributed by atoms with Crippen LogP contribution in [0.1, 0.15) is 36.5 Å². The van der Waals surface area contributed by atoms with E-state index in [9.17, 15) is 9.90 Å². The first kappa shape index (κ1) is 14.5. The summed E-state index contributed by atoms with van der Waals surface area (Å²) in [6, 6.07) is 5.28. The van der Waals surface area contributed by atoms with Gasteiger partial charge in [0.25, 0.3) is 0 Å². The van der Waals surface area contributed by atoms with Gasteiger partial charge in [-0.3, -0.25) is 0 Å². The number of imidazole rings is 1. The SMILES string of the molecule is CCCc1nc2c(C(=O)O)cccc2n1CCOCC. The van der Waals surface area contributed by atoms with Crippen molar-refractivity contribution >= 4 is 17.0 Å². The van der Waals surface area contributed by atoms with Gasteiger partial charge in [0.15, 0.2) is 0 Å². The van der Waals surface area contributed by atoms with Gasteiger partial charge in [0.2, 0.25) is 0 Å². The van der Waals surface area contributed by atoms with Crippen LogP contribution < -0.4 is 0 Å². The molecule has 0 fully saturated rings. The number of carboxylic acids is 1. The fourth-order valence-electron chi connectivity index (χ4n) is 2.33. The van der Waals surface area contributed by atoms with Crippen molar-refractivity contribution in [2.24, 2.45) is 0 Å². The predicted octanol–water partition coefficient (Wildman–Crippen LogP) is 2.72. The van der Waals surface area contributed by atoms with Crippen LogP contribution in [0.2, 0.25) is 0 Å². The van der Waals surface area contributed by atoms with Crippen molar-refractivity contribution in [1.82, 2.24) is 9.55 Å². The molecule has 2 rings (SSSR count). The maximum Gasteiger partial charge on any atom is 0.337 e. The lowest BCUT2D eigenvalue weighted by Crippen LogP contribution is -2.09. The van der Waals surface area contributed by atoms with Crippen LogP contribution >= 0.6 is 0 Å². The quantitative estimate of drug-likeness (QED) is 0.790. The largest absolute Gasteiger partial charge is 0.478 e. The van der Waals surface area contributed by atoms with Gasteiger partial charge < -0.3 is 14.4 Å². The average Bonchev–Trinajstić information content (AvgIpc) is 2.77. The average molecular weight is 276 g/mol. The number of benzene rings is 1. The van der Waals surface area contributed by atoms with E-state index in [1.807, 2.05) is 13.0 Å². The van der Waals surface area contributed by atoms with Crippen LogP contribution in [-0.2, 0) is 17.7 Å². The van der Waals surface area contributed by atoms with E-state index < -0.39 is 5.97 Å². The lowest BCUT2D eigenvalue weighted by molar-refractivity contribution is 0.0699. The van der Waals surface area contributed by atoms with E-state index in [0.29, 0.717) is 25.3 Å². The molecule has 0 spiro atoms. The molecule has 0 saturated carbocycles. The van der Waals surface area contributed by atoms with Crippen LogP contribution in [0.3, 0.4) is 0 Å². The fraction of sp³-hybridized carbons (Fsp3) is 0.467. The summed E-state index contributed by atoms with van der Waals surface area (Å²) in [5.74, 6) is -0.0102. The zero-order valence-corrected chi connectivity index (χ0v) is 11.9. The van der Waals surface area contributed by atoms with E-state index in [1.165, 1.54) is 0 Å². The van der Waals surface area contributed by atoms with Gasteiger partial charge in [-0.05, 0) is 25.5 Å². The second-order valence-corrected chi connectivity index (χ2v) is 4.61. The highest BCUT2D eigenvalue weighted by Gasteiger charge is 2.16. The van der Waals surface area contributed by atoms with E-state index in [1.54, 1.807) is 12.1 Å². The van der Waals surface area contributed by atoms with Crippen LogP contribution in [0, 0.1) is 0 Å². The number of aromatic nitrogens is 2. The first-order valence-electron chi connectivity index (χ1n) is 6.98. The summed E-state index contributed by atoms with van der Waals surface area (Å²) in [5.41, 5.74) is 1.70. The van der Waals surface area contributed by atoms with E-state index in [0.717, 1.165) is 24.2 Å². The number of hydrogen-bond acceptors (Lipinski definition) is 3. The Labute approximate surface area is 118 Å². The minimum atomic E-state index is -0.937. The summed E-state index contributed by atoms with van der Waals surface area (Å²) >= 11 is 0. The highest BCUT2D eigenvalue weighted by molar-refractivity contribution is 6.01. The Balaban J connectivity index is 2.48. The Bertz CT molecular complexity index is 604. The molecule has 20 heavy (non-hydrogen) atoms. The predicted molar refractivity (Wildman–Crippen MR) is 77.2 cm³/mol. The molecular formula is C15H20N2O3. The molecule has 0 atom stereocenters. The first-order chi connectivity index (χ1) is 9.69. The fourth-order valence-corrected chi connectivity index (χ4v) is 2.33. The molecule has 0 unspecified atom stereocenters. The van der Waals surface area contributed by atoms with Gasteiger partial charge in [0.05, 0.1) is 17.7 Å². The molecule has 108 valence electrons. The minimum absolute atomic E-state index is 0.259. The van der Waals surface area contributed by atoms with Crippen LogP contribution in [0.15, 0.2) is 18.2 Å². The summed E-state index contributed by atoms with van der Waals surface area (Å²) in [6.07, 6.45) is 1.81. The topological polar surface area (TPSA) is 64.3 Å². The highest BCUT2D eigenvalue weighted by Crippen LogP contribution is 2.21. The maximum absolute atomic E-state index is 11.3. The number of ether oxygens (including phenoxy) is 1. The monoisotopic (exact) mass is 276 g/mol. The van der Waals surface area contributed by atoms with Crippen LogP contribution in [0.5, 0.6) is 0 Å². The number of fused-ring (bicyclic) bond motifs is 1. The normalized spacial score (nSPS) is 11.1. The number of carboxylic acid groups (broad SMARTS) is 1. The Hall–Kier alpha value is -1.88. The molecule has 1 aromatic carbocycles. The number of para-hydroxylation sites is 1. The molecule has 5 heteroatoms. The summed E-state index contributed by atoms with van der Waals surface area (Å²) < 4.78 is 7.47. The van der Waals surface area contributed by atoms with Crippen molar-refractivity contribution in [3.05, 3.63) is 29.6 Å². The maximum atomic E-state index is 11.3. The number of nitrogens with zero attached hydrogens (tertiary/aromatic N) is 2. The summed E-state index contributed by atoms with van der Waals surface area (Å²) in [6.45, 7) is 6.03. The molecule has 0 saturated heterocycles. The molecule has 2 aromatic rings. The third-order valence-electron chi connectivity index (χ3n) is 3.23. The molecule has 0 aliphatic carbocycles. The van der Waals surface area contributed by atoms with Gasteiger partial charge in [-0.1, -0.05) is 13.0 Å². The number of aryl methyl sites for hydroxylation is 1. The van der Waals surface area contributed by atoms with Crippen LogP contribution in [0.4, 0.5) is 0 Å². The summed E-state index contributed by atoms with van der Waals surface area (Å²) in [5, 5.41) is 9.25. The molecule has 0 aliphatic rings. The Morgan fingerprint density at radius 1 is 1.40 bits per heavy atom. The lowest BCUT2D eigenvalue weighted by Gasteiger charge is -2.08. The summed E-state index contributed by atoms with van der Waals surface area (Å²) in [7, 11) is 0. The van der Waals surface area contributed by atoms with Crippen molar-refractivity contribution in [3.8, 4) is 0 Å². The smallest absolute Gasteiger partial charge is 0.337 e. The standard InChI is InChI=1S/C15H20N2O3/c1-3-6-13-16-14-11(15(18)19)7-5-8-12(14)17(13)9-10-20-4-2/h5,7-8H,3-4,6,9-10H2,1-2H3,(H,18,19). The zero-order valence-electron chi connectivity index (χ0n) is 11.9. The van der Waals surface area contributed by atoms with E-state index in [2.05, 4.69) is 16.5 Å². The van der Waals surface area contributed by atoms with Crippen molar-refractivity contribution in [1.29, 1.82) is 0 Å². The van der Waals surface area contributed by atoms with E-state index in [-0.39, 0.29) is 5.56 Å². The van der Waals surface area contributed by atoms with Crippen molar-refractivity contribution in [2.45, 2.75) is 33.2 Å². The van der Waals surface area contributed by atoms with Crippen LogP contribution in [-0.4, -0.2) is 33.8 Å². The Morgan fingerprint density at radius 2 is 2.20 bits per heavy atom. The molecule has 0 amide bonds. The molecule has 0 aliphatic heterocycles. The second kappa shape index (κ2) is 6.52. The summed E-state index contributed by atoms with van der Waals surface area (Å²) in [4.78, 5) is 15.8. The van der Waals surface area contributed by atoms with Crippen molar-refractivity contribution in [3.63, 3.8) is 0 Å². The number of hydrogen-bond donors (Lipinski definition) is 1. The van der Waals surface area contributed by atoms with Gasteiger partial charge in [-0.2, -0.15) is 0 Å². The molecule has 5 nitrogen and oxygen atoms in total. The lowest BCUT2D eigenvalue weighted by atomic mass is 10.2. The second-order valence-electron chi connectivity index (χ2n) is 4.61. The Kier molecular flexibility index (Phi) is 4.74. The molecule has 1 heterocycles. The Morgan fingerprint density at radius 3 is 2.85 bits per heavy atom. The molecule has 0 bridgehead atoms. The first-order valence-corrected chi connectivity index (χ1v) is 6.98. The van der Waals surface area contributed by atoms with Gasteiger partial charge in [-0.25, -0.2) is 9.78 Å². The third-order valence-corrected chi connectivity index (χ3v) is 3.23.